The summed E-state index contributed by atoms with van der Waals surface area (Å²) in [6.07, 6.45) is 5.33. The normalized spacial score (nSPS) is 14.6. The third-order valence-corrected chi connectivity index (χ3v) is 3.70. The number of pyridine rings is 1. The summed E-state index contributed by atoms with van der Waals surface area (Å²) in [7, 11) is 0. The lowest BCUT2D eigenvalue weighted by Gasteiger charge is -2.25. The van der Waals surface area contributed by atoms with Crippen molar-refractivity contribution in [3.8, 4) is 11.6 Å². The van der Waals surface area contributed by atoms with E-state index in [9.17, 15) is 4.79 Å². The second-order valence-corrected chi connectivity index (χ2v) is 5.05. The average Bonchev–Trinajstić information content (AvgIpc) is 2.39. The summed E-state index contributed by atoms with van der Waals surface area (Å²) in [5.41, 5.74) is 6.91. The number of hydrogen-bond acceptors (Lipinski definition) is 3. The molecule has 0 radical (unpaired) electrons. The molecule has 1 aliphatic rings. The van der Waals surface area contributed by atoms with E-state index in [0.717, 1.165) is 11.7 Å². The number of carbonyl (C=O) groups is 1. The van der Waals surface area contributed by atoms with Crippen molar-refractivity contribution in [2.45, 2.75) is 25.2 Å². The molecule has 0 bridgehead atoms. The molecule has 1 heterocycles. The molecule has 1 saturated carbocycles. The Morgan fingerprint density at radius 2 is 1.90 bits per heavy atom. The maximum absolute atomic E-state index is 10.9. The predicted octanol–water partition coefficient (Wildman–Crippen LogP) is 3.24. The Hall–Kier alpha value is -2.36. The fraction of sp³-hybridized carbons (Fsp3) is 0.250. The number of nitrogens with zero attached hydrogens (tertiary/aromatic N) is 1. The zero-order chi connectivity index (χ0) is 13.9. The molecule has 1 aromatic heterocycles. The quantitative estimate of drug-likeness (QED) is 0.925. The molecule has 4 heteroatoms. The van der Waals surface area contributed by atoms with E-state index >= 15 is 0 Å². The number of nitrogens with two attached hydrogens (primary N) is 1. The van der Waals surface area contributed by atoms with Crippen molar-refractivity contribution in [3.05, 3.63) is 53.7 Å². The highest BCUT2D eigenvalue weighted by Gasteiger charge is 2.19. The van der Waals surface area contributed by atoms with Crippen LogP contribution in [0.25, 0.3) is 0 Å². The van der Waals surface area contributed by atoms with Crippen LogP contribution in [0.15, 0.2) is 42.6 Å². The third kappa shape index (κ3) is 2.64. The van der Waals surface area contributed by atoms with E-state index in [0.29, 0.717) is 11.4 Å². The topological polar surface area (TPSA) is 65.2 Å². The van der Waals surface area contributed by atoms with Crippen LogP contribution in [-0.4, -0.2) is 10.9 Å². The molecular formula is C16H16N2O2. The van der Waals surface area contributed by atoms with Crippen LogP contribution in [0, 0.1) is 0 Å². The molecule has 0 atom stereocenters. The lowest BCUT2D eigenvalue weighted by atomic mass is 9.80. The number of amides is 1. The van der Waals surface area contributed by atoms with Crippen LogP contribution < -0.4 is 10.5 Å². The number of ether oxygens (including phenoxy) is 1. The van der Waals surface area contributed by atoms with Gasteiger partial charge in [-0.05, 0) is 42.5 Å². The number of primary amides is 1. The van der Waals surface area contributed by atoms with Gasteiger partial charge in [-0.3, -0.25) is 4.79 Å². The van der Waals surface area contributed by atoms with Gasteiger partial charge in [0, 0.05) is 12.3 Å². The van der Waals surface area contributed by atoms with Crippen molar-refractivity contribution in [2.24, 2.45) is 5.73 Å². The Labute approximate surface area is 117 Å². The first-order valence-electron chi connectivity index (χ1n) is 6.76. The summed E-state index contributed by atoms with van der Waals surface area (Å²) in [4.78, 5) is 15.0. The maximum atomic E-state index is 10.9. The van der Waals surface area contributed by atoms with Crippen LogP contribution in [0.5, 0.6) is 11.6 Å². The molecular weight excluding hydrogens is 252 g/mol. The zero-order valence-corrected chi connectivity index (χ0v) is 11.1. The van der Waals surface area contributed by atoms with Crippen LogP contribution in [-0.2, 0) is 0 Å². The summed E-state index contributed by atoms with van der Waals surface area (Å²) in [5, 5.41) is 0. The summed E-state index contributed by atoms with van der Waals surface area (Å²) in [5.74, 6) is 1.42. The smallest absolute Gasteiger partial charge is 0.250 e. The summed E-state index contributed by atoms with van der Waals surface area (Å²) < 4.78 is 5.64. The highest BCUT2D eigenvalue weighted by molar-refractivity contribution is 5.92. The monoisotopic (exact) mass is 268 g/mol. The molecule has 1 amide bonds. The highest BCUT2D eigenvalue weighted by atomic mass is 16.5. The first-order chi connectivity index (χ1) is 9.72. The van der Waals surface area contributed by atoms with E-state index in [-0.39, 0.29) is 0 Å². The van der Waals surface area contributed by atoms with E-state index in [2.05, 4.69) is 17.1 Å². The van der Waals surface area contributed by atoms with Crippen molar-refractivity contribution in [3.63, 3.8) is 0 Å². The van der Waals surface area contributed by atoms with Gasteiger partial charge in [0.25, 0.3) is 0 Å². The first-order valence-corrected chi connectivity index (χ1v) is 6.76. The molecule has 0 spiro atoms. The van der Waals surface area contributed by atoms with Crippen LogP contribution >= 0.6 is 0 Å². The molecule has 4 nitrogen and oxygen atoms in total. The SMILES string of the molecule is NC(=O)c1ccc(Oc2ccc(C3CCC3)cc2)nc1. The molecule has 0 aliphatic heterocycles. The predicted molar refractivity (Wildman–Crippen MR) is 75.9 cm³/mol. The van der Waals surface area contributed by atoms with Crippen molar-refractivity contribution < 1.29 is 9.53 Å². The number of hydrogen-bond donors (Lipinski definition) is 1. The van der Waals surface area contributed by atoms with Crippen LogP contribution in [0.3, 0.4) is 0 Å². The maximum Gasteiger partial charge on any atom is 0.250 e. The van der Waals surface area contributed by atoms with Gasteiger partial charge in [-0.2, -0.15) is 0 Å². The summed E-state index contributed by atoms with van der Waals surface area (Å²) in [6, 6.07) is 11.4. The van der Waals surface area contributed by atoms with Crippen LogP contribution in [0.2, 0.25) is 0 Å². The second kappa shape index (κ2) is 5.33. The number of rotatable bonds is 4. The van der Waals surface area contributed by atoms with Gasteiger partial charge in [0.15, 0.2) is 0 Å². The molecule has 20 heavy (non-hydrogen) atoms. The van der Waals surface area contributed by atoms with Gasteiger partial charge in [0.1, 0.15) is 5.75 Å². The molecule has 102 valence electrons. The average molecular weight is 268 g/mol. The lowest BCUT2D eigenvalue weighted by molar-refractivity contribution is 0.1000. The standard InChI is InChI=1S/C16H16N2O2/c17-16(19)13-6-9-15(18-10-13)20-14-7-4-12(5-8-14)11-2-1-3-11/h4-11H,1-3H2,(H2,17,19). The first kappa shape index (κ1) is 12.7. The number of carbonyl (C=O) groups excluding carboxylic acids is 1. The molecule has 1 aromatic carbocycles. The van der Waals surface area contributed by atoms with E-state index in [1.165, 1.54) is 31.0 Å². The highest BCUT2D eigenvalue weighted by Crippen LogP contribution is 2.37. The van der Waals surface area contributed by atoms with Crippen LogP contribution in [0.1, 0.15) is 41.1 Å². The van der Waals surface area contributed by atoms with Gasteiger partial charge in [-0.15, -0.1) is 0 Å². The van der Waals surface area contributed by atoms with Gasteiger partial charge in [-0.1, -0.05) is 18.6 Å². The molecule has 1 fully saturated rings. The van der Waals surface area contributed by atoms with E-state index in [4.69, 9.17) is 10.5 Å². The minimum absolute atomic E-state index is 0.373. The van der Waals surface area contributed by atoms with Gasteiger partial charge in [-0.25, -0.2) is 4.98 Å². The van der Waals surface area contributed by atoms with Crippen molar-refractivity contribution in [1.29, 1.82) is 0 Å². The minimum Gasteiger partial charge on any atom is -0.439 e. The Kier molecular flexibility index (Phi) is 3.37. The van der Waals surface area contributed by atoms with E-state index < -0.39 is 5.91 Å². The van der Waals surface area contributed by atoms with Crippen molar-refractivity contribution in [2.75, 3.05) is 0 Å². The lowest BCUT2D eigenvalue weighted by Crippen LogP contribution is -2.10. The van der Waals surface area contributed by atoms with Crippen LogP contribution in [0.4, 0.5) is 0 Å². The van der Waals surface area contributed by atoms with Gasteiger partial charge in [0.05, 0.1) is 5.56 Å². The molecule has 2 N–H and O–H groups in total. The molecule has 3 rings (SSSR count). The number of aromatic nitrogens is 1. The van der Waals surface area contributed by atoms with E-state index in [1.807, 2.05) is 12.1 Å². The van der Waals surface area contributed by atoms with Crippen molar-refractivity contribution in [1.82, 2.24) is 4.98 Å². The van der Waals surface area contributed by atoms with Gasteiger partial charge < -0.3 is 10.5 Å². The van der Waals surface area contributed by atoms with Gasteiger partial charge >= 0.3 is 0 Å². The molecule has 2 aromatic rings. The zero-order valence-electron chi connectivity index (χ0n) is 11.1. The minimum atomic E-state index is -0.492. The fourth-order valence-electron chi connectivity index (χ4n) is 2.26. The molecule has 0 saturated heterocycles. The van der Waals surface area contributed by atoms with Crippen molar-refractivity contribution >= 4 is 5.91 Å². The summed E-state index contributed by atoms with van der Waals surface area (Å²) >= 11 is 0. The summed E-state index contributed by atoms with van der Waals surface area (Å²) in [6.45, 7) is 0. The Morgan fingerprint density at radius 3 is 2.40 bits per heavy atom. The third-order valence-electron chi connectivity index (χ3n) is 3.70. The Morgan fingerprint density at radius 1 is 1.15 bits per heavy atom. The second-order valence-electron chi connectivity index (χ2n) is 5.05. The Bertz CT molecular complexity index is 601. The fourth-order valence-corrected chi connectivity index (χ4v) is 2.26. The molecule has 1 aliphatic carbocycles. The van der Waals surface area contributed by atoms with Gasteiger partial charge in [0.2, 0.25) is 11.8 Å². The number of benzene rings is 1. The Balaban J connectivity index is 1.68. The van der Waals surface area contributed by atoms with E-state index in [1.54, 1.807) is 12.1 Å². The molecule has 0 unspecified atom stereocenters. The largest absolute Gasteiger partial charge is 0.439 e.